The van der Waals surface area contributed by atoms with Crippen molar-refractivity contribution in [2.24, 2.45) is 0 Å². The lowest BCUT2D eigenvalue weighted by atomic mass is 10.0. The zero-order valence-corrected chi connectivity index (χ0v) is 13.3. The van der Waals surface area contributed by atoms with Crippen molar-refractivity contribution in [3.8, 4) is 6.07 Å². The Bertz CT molecular complexity index is 897. The molecule has 1 heterocycles. The number of nitriles is 1. The maximum atomic E-state index is 12.4. The molecule has 0 spiro atoms. The number of nitrogens with zero attached hydrogens (tertiary/aromatic N) is 1. The number of carbonyl (C=O) groups excluding carboxylic acids is 2. The fourth-order valence-corrected chi connectivity index (χ4v) is 2.74. The molecule has 2 aromatic rings. The van der Waals surface area contributed by atoms with E-state index in [9.17, 15) is 14.9 Å². The molecule has 0 aliphatic carbocycles. The van der Waals surface area contributed by atoms with E-state index < -0.39 is 11.8 Å². The molecule has 0 atom stereocenters. The molecule has 0 saturated carbocycles. The topological polar surface area (TPSA) is 82.0 Å². The van der Waals surface area contributed by atoms with Crippen LogP contribution in [0.25, 0.3) is 5.57 Å². The Hall–Kier alpha value is -2.91. The Morgan fingerprint density at radius 1 is 1.17 bits per heavy atom. The van der Waals surface area contributed by atoms with Gasteiger partial charge in [-0.25, -0.2) is 0 Å². The van der Waals surface area contributed by atoms with Crippen molar-refractivity contribution in [1.82, 2.24) is 0 Å². The number of hydrogen-bond acceptors (Lipinski definition) is 3. The summed E-state index contributed by atoms with van der Waals surface area (Å²) in [6.45, 7) is 0. The number of rotatable bonds is 2. The van der Waals surface area contributed by atoms with Crippen molar-refractivity contribution in [2.75, 3.05) is 10.6 Å². The molecule has 2 amide bonds. The lowest BCUT2D eigenvalue weighted by Crippen LogP contribution is -2.17. The second-order valence-corrected chi connectivity index (χ2v) is 5.74. The van der Waals surface area contributed by atoms with Gasteiger partial charge in [-0.05, 0) is 24.3 Å². The molecule has 0 radical (unpaired) electrons. The summed E-state index contributed by atoms with van der Waals surface area (Å²) in [5, 5.41) is 14.7. The minimum absolute atomic E-state index is 0.0931. The van der Waals surface area contributed by atoms with Gasteiger partial charge in [-0.3, -0.25) is 9.59 Å². The van der Waals surface area contributed by atoms with Crippen LogP contribution in [-0.2, 0) is 9.59 Å². The molecule has 0 unspecified atom stereocenters. The Kier molecular flexibility index (Phi) is 3.96. The summed E-state index contributed by atoms with van der Waals surface area (Å²) in [6.07, 6.45) is 0. The van der Waals surface area contributed by atoms with Crippen LogP contribution >= 0.6 is 15.9 Å². The zero-order valence-electron chi connectivity index (χ0n) is 11.8. The number of carbonyl (C=O) groups is 2. The number of anilines is 2. The second-order valence-electron chi connectivity index (χ2n) is 4.83. The highest BCUT2D eigenvalue weighted by Crippen LogP contribution is 2.33. The molecule has 112 valence electrons. The fourth-order valence-electron chi connectivity index (χ4n) is 2.35. The first-order valence-electron chi connectivity index (χ1n) is 6.72. The summed E-state index contributed by atoms with van der Waals surface area (Å²) in [5.74, 6) is -1.07. The molecule has 3 rings (SSSR count). The summed E-state index contributed by atoms with van der Waals surface area (Å²) in [7, 11) is 0. The second kappa shape index (κ2) is 6.07. The molecular formula is C17H10BrN3O2. The van der Waals surface area contributed by atoms with Crippen molar-refractivity contribution >= 4 is 44.7 Å². The van der Waals surface area contributed by atoms with E-state index in [2.05, 4.69) is 26.6 Å². The summed E-state index contributed by atoms with van der Waals surface area (Å²) in [4.78, 5) is 24.5. The molecule has 0 saturated heterocycles. The van der Waals surface area contributed by atoms with Gasteiger partial charge in [-0.1, -0.05) is 40.2 Å². The Morgan fingerprint density at radius 2 is 1.96 bits per heavy atom. The smallest absolute Gasteiger partial charge is 0.267 e. The van der Waals surface area contributed by atoms with Crippen LogP contribution in [0.15, 0.2) is 58.6 Å². The SMILES string of the molecule is N#C/C(C(=O)Nc1cccc(Br)c1)=C1/C(=O)Nc2ccccc21. The number of para-hydroxylation sites is 1. The molecule has 1 aliphatic rings. The fraction of sp³-hybridized carbons (Fsp3) is 0. The van der Waals surface area contributed by atoms with E-state index in [1.165, 1.54) is 0 Å². The number of fused-ring (bicyclic) bond motifs is 1. The van der Waals surface area contributed by atoms with E-state index in [-0.39, 0.29) is 11.1 Å². The maximum absolute atomic E-state index is 12.4. The van der Waals surface area contributed by atoms with Crippen LogP contribution in [0.5, 0.6) is 0 Å². The van der Waals surface area contributed by atoms with E-state index >= 15 is 0 Å². The zero-order chi connectivity index (χ0) is 16.4. The van der Waals surface area contributed by atoms with Crippen LogP contribution in [0.2, 0.25) is 0 Å². The molecular weight excluding hydrogens is 358 g/mol. The van der Waals surface area contributed by atoms with Gasteiger partial charge in [0.25, 0.3) is 11.8 Å². The van der Waals surface area contributed by atoms with E-state index in [1.807, 2.05) is 12.1 Å². The summed E-state index contributed by atoms with van der Waals surface area (Å²) >= 11 is 3.31. The molecule has 1 aliphatic heterocycles. The Labute approximate surface area is 140 Å². The third-order valence-electron chi connectivity index (χ3n) is 3.34. The average molecular weight is 368 g/mol. The Balaban J connectivity index is 2.01. The predicted molar refractivity (Wildman–Crippen MR) is 90.4 cm³/mol. The monoisotopic (exact) mass is 367 g/mol. The van der Waals surface area contributed by atoms with Crippen molar-refractivity contribution in [2.45, 2.75) is 0 Å². The Morgan fingerprint density at radius 3 is 2.70 bits per heavy atom. The quantitative estimate of drug-likeness (QED) is 0.630. The van der Waals surface area contributed by atoms with Crippen molar-refractivity contribution in [1.29, 1.82) is 5.26 Å². The normalized spacial score (nSPS) is 14.5. The molecule has 2 aromatic carbocycles. The third kappa shape index (κ3) is 2.87. The highest BCUT2D eigenvalue weighted by atomic mass is 79.9. The summed E-state index contributed by atoms with van der Waals surface area (Å²) in [5.41, 5.74) is 1.56. The van der Waals surface area contributed by atoms with E-state index in [4.69, 9.17) is 0 Å². The average Bonchev–Trinajstić information content (AvgIpc) is 2.85. The largest absolute Gasteiger partial charge is 0.321 e. The van der Waals surface area contributed by atoms with Gasteiger partial charge < -0.3 is 10.6 Å². The molecule has 2 N–H and O–H groups in total. The van der Waals surface area contributed by atoms with E-state index in [0.717, 1.165) is 4.47 Å². The number of amides is 2. The van der Waals surface area contributed by atoms with Crippen molar-refractivity contribution in [3.05, 3.63) is 64.1 Å². The number of hydrogen-bond donors (Lipinski definition) is 2. The van der Waals surface area contributed by atoms with Crippen LogP contribution in [0.3, 0.4) is 0 Å². The standard InChI is InChI=1S/C17H10BrN3O2/c18-10-4-3-5-11(8-10)20-16(22)13(9-19)15-12-6-1-2-7-14(12)21-17(15)23/h1-8H,(H,20,22)(H,21,23)/b15-13-. The van der Waals surface area contributed by atoms with Crippen LogP contribution in [0.1, 0.15) is 5.56 Å². The van der Waals surface area contributed by atoms with Crippen molar-refractivity contribution < 1.29 is 9.59 Å². The number of halogens is 1. The van der Waals surface area contributed by atoms with Gasteiger partial charge in [-0.15, -0.1) is 0 Å². The number of benzene rings is 2. The van der Waals surface area contributed by atoms with E-state index in [0.29, 0.717) is 16.9 Å². The van der Waals surface area contributed by atoms with Gasteiger partial charge in [0.2, 0.25) is 0 Å². The minimum atomic E-state index is -0.618. The van der Waals surface area contributed by atoms with Gasteiger partial charge in [0, 0.05) is 21.4 Å². The van der Waals surface area contributed by atoms with Crippen LogP contribution < -0.4 is 10.6 Å². The summed E-state index contributed by atoms with van der Waals surface area (Å²) < 4.78 is 0.797. The predicted octanol–water partition coefficient (Wildman–Crippen LogP) is 3.32. The summed E-state index contributed by atoms with van der Waals surface area (Å²) in [6, 6.07) is 15.8. The lowest BCUT2D eigenvalue weighted by molar-refractivity contribution is -0.113. The number of nitrogens with one attached hydrogen (secondary N) is 2. The highest BCUT2D eigenvalue weighted by molar-refractivity contribution is 9.10. The highest BCUT2D eigenvalue weighted by Gasteiger charge is 2.30. The molecule has 5 nitrogen and oxygen atoms in total. The molecule has 23 heavy (non-hydrogen) atoms. The van der Waals surface area contributed by atoms with Crippen LogP contribution in [-0.4, -0.2) is 11.8 Å². The van der Waals surface area contributed by atoms with Gasteiger partial charge in [0.1, 0.15) is 11.6 Å². The molecule has 0 aromatic heterocycles. The van der Waals surface area contributed by atoms with Gasteiger partial charge >= 0.3 is 0 Å². The van der Waals surface area contributed by atoms with Crippen LogP contribution in [0.4, 0.5) is 11.4 Å². The minimum Gasteiger partial charge on any atom is -0.321 e. The maximum Gasteiger partial charge on any atom is 0.267 e. The molecule has 6 heteroatoms. The molecule has 0 bridgehead atoms. The van der Waals surface area contributed by atoms with E-state index in [1.54, 1.807) is 42.5 Å². The first-order valence-corrected chi connectivity index (χ1v) is 7.51. The molecule has 0 fully saturated rings. The van der Waals surface area contributed by atoms with Gasteiger partial charge in [-0.2, -0.15) is 5.26 Å². The third-order valence-corrected chi connectivity index (χ3v) is 3.84. The lowest BCUT2D eigenvalue weighted by Gasteiger charge is -2.06. The first-order chi connectivity index (χ1) is 11.1. The van der Waals surface area contributed by atoms with Gasteiger partial charge in [0.15, 0.2) is 0 Å². The van der Waals surface area contributed by atoms with Crippen molar-refractivity contribution in [3.63, 3.8) is 0 Å². The first kappa shape index (κ1) is 15.0. The van der Waals surface area contributed by atoms with Gasteiger partial charge in [0.05, 0.1) is 5.57 Å². The van der Waals surface area contributed by atoms with Crippen LogP contribution in [0, 0.1) is 11.3 Å².